The van der Waals surface area contributed by atoms with Crippen LogP contribution in [0.2, 0.25) is 0 Å². The molecular formula is C37H40F4N4O2S. The van der Waals surface area contributed by atoms with Crippen LogP contribution in [0.4, 0.5) is 17.6 Å². The van der Waals surface area contributed by atoms with Gasteiger partial charge in [-0.1, -0.05) is 81.1 Å². The Morgan fingerprint density at radius 1 is 0.979 bits per heavy atom. The average Bonchev–Trinajstić information content (AvgIpc) is 3.25. The number of alkyl halides is 3. The molecule has 0 spiro atoms. The molecule has 0 aliphatic heterocycles. The molecule has 5 rings (SSSR count). The van der Waals surface area contributed by atoms with Gasteiger partial charge in [0.1, 0.15) is 12.3 Å². The number of halogens is 4. The van der Waals surface area contributed by atoms with Gasteiger partial charge in [0, 0.05) is 54.3 Å². The van der Waals surface area contributed by atoms with E-state index in [9.17, 15) is 27.8 Å². The van der Waals surface area contributed by atoms with Crippen LogP contribution in [0.5, 0.6) is 0 Å². The largest absolute Gasteiger partial charge is 0.416 e. The molecular weight excluding hydrogens is 640 g/mol. The second-order valence-electron chi connectivity index (χ2n) is 10.1. The third-order valence-electron chi connectivity index (χ3n) is 6.82. The van der Waals surface area contributed by atoms with Crippen molar-refractivity contribution >= 4 is 17.7 Å². The Morgan fingerprint density at radius 2 is 1.58 bits per heavy atom. The van der Waals surface area contributed by atoms with E-state index < -0.39 is 109 Å². The van der Waals surface area contributed by atoms with Crippen LogP contribution in [0.1, 0.15) is 72.0 Å². The minimum atomic E-state index is -4.65. The SMILES string of the molecule is [2H]C([2H])(Sc1nc(=O)c2c(n1C([2H])([2H])C(=O)N(Cc1ccc(-c3ccc(C(F)(F)F)cc3)cc1)C([2H])([2H])C([2H])([2H])N(C([2H])([2H])C)C([2H])([2H])C)C([2H])([2H])C([2H])(C)C2([2H])[2H])c1ccc(F)cc1. The highest BCUT2D eigenvalue weighted by Gasteiger charge is 2.30. The summed E-state index contributed by atoms with van der Waals surface area (Å²) in [6.07, 6.45) is -11.4. The van der Waals surface area contributed by atoms with Gasteiger partial charge in [-0.15, -0.1) is 0 Å². The molecule has 1 aliphatic carbocycles. The fourth-order valence-corrected chi connectivity index (χ4v) is 5.11. The topological polar surface area (TPSA) is 58.4 Å². The normalized spacial score (nSPS) is 25.0. The highest BCUT2D eigenvalue weighted by atomic mass is 32.2. The van der Waals surface area contributed by atoms with Crippen molar-refractivity contribution in [2.45, 2.75) is 63.6 Å². The Balaban J connectivity index is 1.79. The average molecular weight is 698 g/mol. The van der Waals surface area contributed by atoms with E-state index in [0.717, 1.165) is 55.5 Å². The maximum atomic E-state index is 15.1. The predicted molar refractivity (Wildman–Crippen MR) is 181 cm³/mol. The molecule has 1 aliphatic rings. The van der Waals surface area contributed by atoms with Crippen molar-refractivity contribution in [3.05, 3.63) is 117 Å². The molecule has 1 atom stereocenters. The number of aromatic nitrogens is 2. The standard InChI is InChI=1S/C37H40F4N4O2S/c1-4-43(5-2)18-19-44(22-26-6-10-28(11-7-26)29-12-14-30(15-13-29)37(39,40)41)34(46)23-45-33-21-25(3)20-32(33)35(47)42-36(45)48-24-27-8-16-31(38)17-9-27/h6-17,25H,4-5,18-24H2,1-3H3/i4D2,5D2,18D2,19D2,20D2,21D2,23D2,24D2,25D. The zero-order valence-electron chi connectivity index (χ0n) is 42.7. The zero-order valence-corrected chi connectivity index (χ0v) is 26.5. The molecule has 4 aromatic rings. The third-order valence-corrected chi connectivity index (χ3v) is 7.62. The molecule has 0 fully saturated rings. The number of fused-ring (bicyclic) bond motifs is 1. The molecule has 0 bridgehead atoms. The second kappa shape index (κ2) is 15.5. The number of hydrogen-bond acceptors (Lipinski definition) is 5. The maximum Gasteiger partial charge on any atom is 0.416 e. The molecule has 1 aromatic heterocycles. The van der Waals surface area contributed by atoms with Gasteiger partial charge < -0.3 is 14.4 Å². The van der Waals surface area contributed by atoms with E-state index in [0.29, 0.717) is 13.8 Å². The molecule has 0 saturated carbocycles. The Morgan fingerprint density at radius 3 is 2.19 bits per heavy atom. The van der Waals surface area contributed by atoms with Crippen molar-refractivity contribution in [2.75, 3.05) is 26.0 Å². The van der Waals surface area contributed by atoms with Gasteiger partial charge in [-0.25, -0.2) is 4.39 Å². The van der Waals surface area contributed by atoms with Crippen molar-refractivity contribution in [3.8, 4) is 11.1 Å². The molecule has 6 nitrogen and oxygen atoms in total. The fourth-order valence-electron chi connectivity index (χ4n) is 4.41. The molecule has 3 aromatic carbocycles. The molecule has 0 radical (unpaired) electrons. The van der Waals surface area contributed by atoms with Gasteiger partial charge in [-0.3, -0.25) is 9.59 Å². The summed E-state index contributed by atoms with van der Waals surface area (Å²) in [6, 6.07) is 12.5. The molecule has 48 heavy (non-hydrogen) atoms. The summed E-state index contributed by atoms with van der Waals surface area (Å²) in [7, 11) is 0. The van der Waals surface area contributed by atoms with Gasteiger partial charge >= 0.3 is 6.18 Å². The van der Waals surface area contributed by atoms with E-state index in [1.54, 1.807) is 0 Å². The molecule has 1 amide bonds. The first-order valence-electron chi connectivity index (χ1n) is 22.7. The number of carbonyl (C=O) groups excluding carboxylic acids is 1. The first-order valence-corrected chi connectivity index (χ1v) is 15.0. The van der Waals surface area contributed by atoms with E-state index in [1.807, 2.05) is 0 Å². The lowest BCUT2D eigenvalue weighted by molar-refractivity contribution is -0.137. The van der Waals surface area contributed by atoms with Gasteiger partial charge in [0.2, 0.25) is 5.91 Å². The Labute approximate surface area is 306 Å². The van der Waals surface area contributed by atoms with E-state index in [1.165, 1.54) is 24.3 Å². The summed E-state index contributed by atoms with van der Waals surface area (Å²) in [6.45, 7) is -17.3. The molecule has 11 heteroatoms. The van der Waals surface area contributed by atoms with Crippen molar-refractivity contribution in [2.24, 2.45) is 5.89 Å². The Bertz CT molecular complexity index is 2500. The van der Waals surface area contributed by atoms with Crippen molar-refractivity contribution in [3.63, 3.8) is 0 Å². The number of rotatable bonds is 13. The highest BCUT2D eigenvalue weighted by Crippen LogP contribution is 2.32. The Hall–Kier alpha value is -3.96. The summed E-state index contributed by atoms with van der Waals surface area (Å²) >= 11 is -0.137. The zero-order chi connectivity index (χ0) is 49.7. The molecule has 1 unspecified atom stereocenters. The third kappa shape index (κ3) is 8.73. The van der Waals surface area contributed by atoms with Gasteiger partial charge in [-0.2, -0.15) is 18.2 Å². The van der Waals surface area contributed by atoms with Crippen molar-refractivity contribution < 1.29 is 45.7 Å². The van der Waals surface area contributed by atoms with Crippen LogP contribution in [0.3, 0.4) is 0 Å². The smallest absolute Gasteiger partial charge is 0.336 e. The van der Waals surface area contributed by atoms with Gasteiger partial charge in [-0.05, 0) is 78.2 Å². The number of thioether (sulfide) groups is 1. The molecule has 0 saturated heterocycles. The maximum absolute atomic E-state index is 15.1. The minimum Gasteiger partial charge on any atom is -0.336 e. The number of likely N-dealkylation sites (N-methyl/N-ethyl adjacent to an activating group) is 1. The monoisotopic (exact) mass is 697 g/mol. The summed E-state index contributed by atoms with van der Waals surface area (Å²) in [5.74, 6) is -5.99. The lowest BCUT2D eigenvalue weighted by Crippen LogP contribution is -2.40. The van der Waals surface area contributed by atoms with E-state index >= 15 is 4.79 Å². The van der Waals surface area contributed by atoms with Crippen LogP contribution in [-0.2, 0) is 42.5 Å². The highest BCUT2D eigenvalue weighted by molar-refractivity contribution is 7.98. The number of hydrogen-bond donors (Lipinski definition) is 0. The van der Waals surface area contributed by atoms with Gasteiger partial charge in [0.05, 0.1) is 11.0 Å². The van der Waals surface area contributed by atoms with Crippen LogP contribution in [0, 0.1) is 11.7 Å². The first kappa shape index (κ1) is 19.3. The first-order chi connectivity index (χ1) is 29.2. The summed E-state index contributed by atoms with van der Waals surface area (Å²) in [5, 5.41) is -1.18. The summed E-state index contributed by atoms with van der Waals surface area (Å²) in [4.78, 5) is 32.2. The second-order valence-corrected chi connectivity index (χ2v) is 10.9. The summed E-state index contributed by atoms with van der Waals surface area (Å²) in [5.41, 5.74) is -7.96. The van der Waals surface area contributed by atoms with E-state index in [-0.39, 0.29) is 48.4 Å². The van der Waals surface area contributed by atoms with Gasteiger partial charge in [0.25, 0.3) is 5.56 Å². The Kier molecular flexibility index (Phi) is 6.23. The van der Waals surface area contributed by atoms with E-state index in [2.05, 4.69) is 4.98 Å². The summed E-state index contributed by atoms with van der Waals surface area (Å²) < 4.78 is 203. The lowest BCUT2D eigenvalue weighted by Gasteiger charge is -2.28. The van der Waals surface area contributed by atoms with Crippen LogP contribution in [-0.4, -0.2) is 51.2 Å². The predicted octanol–water partition coefficient (Wildman–Crippen LogP) is 7.47. The molecule has 254 valence electrons. The number of nitrogens with zero attached hydrogens (tertiary/aromatic N) is 4. The molecule has 1 heterocycles. The van der Waals surface area contributed by atoms with Crippen molar-refractivity contribution in [1.82, 2.24) is 19.4 Å². The van der Waals surface area contributed by atoms with E-state index in [4.69, 9.17) is 17.8 Å². The van der Waals surface area contributed by atoms with Crippen LogP contribution < -0.4 is 5.56 Å². The minimum absolute atomic E-state index is 0.0297. The quantitative estimate of drug-likeness (QED) is 0.0825. The number of amides is 1. The van der Waals surface area contributed by atoms with Crippen LogP contribution >= 0.6 is 11.8 Å². The number of benzene rings is 3. The number of carbonyl (C=O) groups is 1. The molecule has 0 N–H and O–H groups in total. The van der Waals surface area contributed by atoms with Crippen molar-refractivity contribution in [1.29, 1.82) is 0 Å². The van der Waals surface area contributed by atoms with Gasteiger partial charge in [0.15, 0.2) is 5.16 Å². The van der Waals surface area contributed by atoms with Crippen LogP contribution in [0.15, 0.2) is 82.7 Å². The van der Waals surface area contributed by atoms with Crippen LogP contribution in [0.25, 0.3) is 11.1 Å². The lowest BCUT2D eigenvalue weighted by atomic mass is 10.0. The fraction of sp³-hybridized carbons (Fsp3) is 0.378.